The molecule has 0 aliphatic carbocycles. The van der Waals surface area contributed by atoms with Crippen molar-refractivity contribution in [3.8, 4) is 0 Å². The number of aryl methyl sites for hydroxylation is 1. The Morgan fingerprint density at radius 1 is 0.829 bits per heavy atom. The van der Waals surface area contributed by atoms with Crippen LogP contribution in [0.3, 0.4) is 0 Å². The molecule has 4 aromatic carbocycles. The maximum Gasteiger partial charge on any atom is 0.264 e. The molecule has 1 atom stereocenters. The third-order valence-corrected chi connectivity index (χ3v) is 8.47. The molecule has 9 heteroatoms. The highest BCUT2D eigenvalue weighted by atomic mass is 32.2. The summed E-state index contributed by atoms with van der Waals surface area (Å²) in [7, 11) is -2.77. The third kappa shape index (κ3) is 7.37. The molecule has 7 nitrogen and oxygen atoms in total. The van der Waals surface area contributed by atoms with Gasteiger partial charge in [0.15, 0.2) is 0 Å². The summed E-state index contributed by atoms with van der Waals surface area (Å²) in [4.78, 5) is 28.7. The first kappa shape index (κ1) is 29.5. The van der Waals surface area contributed by atoms with E-state index in [4.69, 9.17) is 0 Å². The van der Waals surface area contributed by atoms with E-state index in [0.717, 1.165) is 33.1 Å². The molecule has 212 valence electrons. The minimum atomic E-state index is -4.27. The molecular weight excluding hydrogens is 541 g/mol. The Balaban J connectivity index is 1.77. The number of benzene rings is 4. The first-order valence-corrected chi connectivity index (χ1v) is 14.6. The van der Waals surface area contributed by atoms with Crippen LogP contribution in [0.1, 0.15) is 16.7 Å². The number of carbonyl (C=O) groups excluding carboxylic acids is 2. The van der Waals surface area contributed by atoms with Crippen LogP contribution in [-0.2, 0) is 32.6 Å². The number of carbonyl (C=O) groups is 2. The molecule has 0 aromatic heterocycles. The monoisotopic (exact) mass is 573 g/mol. The first-order chi connectivity index (χ1) is 19.7. The highest BCUT2D eigenvalue weighted by molar-refractivity contribution is 7.92. The first-order valence-electron chi connectivity index (χ1n) is 13.1. The fraction of sp³-hybridized carbons (Fsp3) is 0.188. The SMILES string of the molecule is CNC(=O)[C@H](Cc1ccccc1)N(Cc1cccc(C)c1)C(=O)CN(c1ccccc1)S(=O)(=O)c1ccc(F)cc1. The van der Waals surface area contributed by atoms with Gasteiger partial charge < -0.3 is 10.2 Å². The van der Waals surface area contributed by atoms with Crippen LogP contribution in [0.25, 0.3) is 0 Å². The third-order valence-electron chi connectivity index (χ3n) is 6.68. The Kier molecular flexibility index (Phi) is 9.52. The van der Waals surface area contributed by atoms with E-state index in [1.54, 1.807) is 30.3 Å². The van der Waals surface area contributed by atoms with Gasteiger partial charge in [0.05, 0.1) is 10.6 Å². The van der Waals surface area contributed by atoms with Crippen LogP contribution in [-0.4, -0.2) is 44.8 Å². The summed E-state index contributed by atoms with van der Waals surface area (Å²) in [6.07, 6.45) is 0.230. The molecule has 0 unspecified atom stereocenters. The van der Waals surface area contributed by atoms with Gasteiger partial charge in [0.1, 0.15) is 18.4 Å². The number of likely N-dealkylation sites (N-methyl/N-ethyl adjacent to an activating group) is 1. The summed E-state index contributed by atoms with van der Waals surface area (Å²) in [5.41, 5.74) is 2.90. The number of nitrogens with one attached hydrogen (secondary N) is 1. The van der Waals surface area contributed by atoms with Crippen LogP contribution in [0.15, 0.2) is 114 Å². The summed E-state index contributed by atoms with van der Waals surface area (Å²) in [6.45, 7) is 1.45. The second kappa shape index (κ2) is 13.2. The maximum atomic E-state index is 14.2. The Morgan fingerprint density at radius 3 is 2.05 bits per heavy atom. The second-order valence-corrected chi connectivity index (χ2v) is 11.5. The van der Waals surface area contributed by atoms with Crippen LogP contribution >= 0.6 is 0 Å². The van der Waals surface area contributed by atoms with Crippen molar-refractivity contribution in [1.82, 2.24) is 10.2 Å². The molecule has 0 radical (unpaired) electrons. The van der Waals surface area contributed by atoms with E-state index in [-0.39, 0.29) is 29.5 Å². The van der Waals surface area contributed by atoms with Gasteiger partial charge in [0.2, 0.25) is 11.8 Å². The van der Waals surface area contributed by atoms with E-state index in [1.807, 2.05) is 61.5 Å². The van der Waals surface area contributed by atoms with E-state index in [0.29, 0.717) is 0 Å². The summed E-state index contributed by atoms with van der Waals surface area (Å²) in [5, 5.41) is 2.66. The lowest BCUT2D eigenvalue weighted by Crippen LogP contribution is -2.53. The molecule has 0 saturated heterocycles. The van der Waals surface area contributed by atoms with Gasteiger partial charge in [-0.2, -0.15) is 0 Å². The Hall–Kier alpha value is -4.50. The molecule has 4 rings (SSSR count). The molecule has 41 heavy (non-hydrogen) atoms. The summed E-state index contributed by atoms with van der Waals surface area (Å²) < 4.78 is 42.2. The molecule has 0 heterocycles. The predicted molar refractivity (Wildman–Crippen MR) is 157 cm³/mol. The molecule has 0 fully saturated rings. The lowest BCUT2D eigenvalue weighted by molar-refractivity contribution is -0.139. The van der Waals surface area contributed by atoms with Crippen molar-refractivity contribution >= 4 is 27.5 Å². The average Bonchev–Trinajstić information content (AvgIpc) is 2.98. The van der Waals surface area contributed by atoms with Gasteiger partial charge in [-0.3, -0.25) is 13.9 Å². The highest BCUT2D eigenvalue weighted by Gasteiger charge is 2.34. The fourth-order valence-corrected chi connectivity index (χ4v) is 6.00. The number of halogens is 1. The second-order valence-electron chi connectivity index (χ2n) is 9.63. The lowest BCUT2D eigenvalue weighted by atomic mass is 10.0. The average molecular weight is 574 g/mol. The zero-order chi connectivity index (χ0) is 29.4. The van der Waals surface area contributed by atoms with Crippen molar-refractivity contribution in [2.45, 2.75) is 30.8 Å². The normalized spacial score (nSPS) is 11.9. The molecule has 0 aliphatic heterocycles. The molecule has 2 amide bonds. The quantitative estimate of drug-likeness (QED) is 0.282. The molecule has 0 saturated carbocycles. The summed E-state index contributed by atoms with van der Waals surface area (Å²) in [5.74, 6) is -1.52. The van der Waals surface area contributed by atoms with Crippen LogP contribution in [0.4, 0.5) is 10.1 Å². The predicted octanol–water partition coefficient (Wildman–Crippen LogP) is 4.72. The number of anilines is 1. The Bertz CT molecular complexity index is 1580. The number of hydrogen-bond donors (Lipinski definition) is 1. The fourth-order valence-electron chi connectivity index (χ4n) is 4.58. The molecule has 0 aliphatic rings. The van der Waals surface area contributed by atoms with Gasteiger partial charge in [-0.05, 0) is 54.4 Å². The maximum absolute atomic E-state index is 14.2. The molecule has 0 spiro atoms. The number of sulfonamides is 1. The van der Waals surface area contributed by atoms with Crippen LogP contribution < -0.4 is 9.62 Å². The number of amides is 2. The van der Waals surface area contributed by atoms with Crippen molar-refractivity contribution in [3.05, 3.63) is 132 Å². The van der Waals surface area contributed by atoms with Gasteiger partial charge in [0.25, 0.3) is 10.0 Å². The standard InChI is InChI=1S/C32H32FN3O4S/c1-24-10-9-13-26(20-24)22-35(30(32(38)34-2)21-25-11-5-3-6-12-25)31(37)23-36(28-14-7-4-8-15-28)41(39,40)29-18-16-27(33)17-19-29/h3-20,30H,21-23H2,1-2H3,(H,34,38)/t30-/m0/s1. The van der Waals surface area contributed by atoms with Gasteiger partial charge in [-0.1, -0.05) is 78.4 Å². The van der Waals surface area contributed by atoms with Crippen molar-refractivity contribution in [3.63, 3.8) is 0 Å². The van der Waals surface area contributed by atoms with Crippen LogP contribution in [0.2, 0.25) is 0 Å². The van der Waals surface area contributed by atoms with Crippen LogP contribution in [0.5, 0.6) is 0 Å². The molecule has 1 N–H and O–H groups in total. The Labute approximate surface area is 240 Å². The van der Waals surface area contributed by atoms with E-state index in [9.17, 15) is 22.4 Å². The molecule has 0 bridgehead atoms. The van der Waals surface area contributed by atoms with E-state index < -0.39 is 34.3 Å². The van der Waals surface area contributed by atoms with Gasteiger partial charge in [-0.25, -0.2) is 12.8 Å². The van der Waals surface area contributed by atoms with Crippen molar-refractivity contribution in [2.24, 2.45) is 0 Å². The van der Waals surface area contributed by atoms with Gasteiger partial charge in [0, 0.05) is 20.0 Å². The minimum absolute atomic E-state index is 0.0880. The van der Waals surface area contributed by atoms with E-state index in [2.05, 4.69) is 5.32 Å². The lowest BCUT2D eigenvalue weighted by Gasteiger charge is -2.33. The molecule has 4 aromatic rings. The van der Waals surface area contributed by atoms with E-state index >= 15 is 0 Å². The zero-order valence-corrected chi connectivity index (χ0v) is 23.7. The number of rotatable bonds is 11. The minimum Gasteiger partial charge on any atom is -0.357 e. The smallest absolute Gasteiger partial charge is 0.264 e. The summed E-state index contributed by atoms with van der Waals surface area (Å²) >= 11 is 0. The Morgan fingerprint density at radius 2 is 1.44 bits per heavy atom. The van der Waals surface area contributed by atoms with Crippen molar-refractivity contribution in [2.75, 3.05) is 17.9 Å². The topological polar surface area (TPSA) is 86.8 Å². The molecular formula is C32H32FN3O4S. The number of para-hydroxylation sites is 1. The van der Waals surface area contributed by atoms with Crippen molar-refractivity contribution in [1.29, 1.82) is 0 Å². The zero-order valence-electron chi connectivity index (χ0n) is 22.9. The van der Waals surface area contributed by atoms with Gasteiger partial charge in [-0.15, -0.1) is 0 Å². The van der Waals surface area contributed by atoms with Crippen molar-refractivity contribution < 1.29 is 22.4 Å². The van der Waals surface area contributed by atoms with Crippen LogP contribution in [0, 0.1) is 12.7 Å². The highest BCUT2D eigenvalue weighted by Crippen LogP contribution is 2.25. The largest absolute Gasteiger partial charge is 0.357 e. The number of nitrogens with zero attached hydrogens (tertiary/aromatic N) is 2. The van der Waals surface area contributed by atoms with E-state index in [1.165, 1.54) is 24.1 Å². The summed E-state index contributed by atoms with van der Waals surface area (Å²) in [6, 6.07) is 28.7. The number of hydrogen-bond acceptors (Lipinski definition) is 4. The van der Waals surface area contributed by atoms with Gasteiger partial charge >= 0.3 is 0 Å².